The smallest absolute Gasteiger partial charge is 0.429 e. The van der Waals surface area contributed by atoms with Crippen molar-refractivity contribution in [2.75, 3.05) is 0 Å². The van der Waals surface area contributed by atoms with E-state index in [0.29, 0.717) is 5.92 Å². The zero-order valence-corrected chi connectivity index (χ0v) is 7.16. The van der Waals surface area contributed by atoms with E-state index in [1.54, 1.807) is 0 Å². The number of nitrogens with two attached hydrogens (primary N) is 1. The lowest BCUT2D eigenvalue weighted by molar-refractivity contribution is 0.00587. The van der Waals surface area contributed by atoms with E-state index < -0.39 is 6.16 Å². The fraction of sp³-hybridized carbons (Fsp3) is 0.857. The molecule has 11 heavy (non-hydrogen) atoms. The molecule has 0 bridgehead atoms. The molecule has 0 saturated carbocycles. The molecule has 66 valence electrons. The van der Waals surface area contributed by atoms with Crippen molar-refractivity contribution in [1.29, 1.82) is 0 Å². The van der Waals surface area contributed by atoms with Crippen LogP contribution in [0.4, 0.5) is 4.79 Å². The van der Waals surface area contributed by atoms with Gasteiger partial charge in [0.2, 0.25) is 0 Å². The fourth-order valence-electron chi connectivity index (χ4n) is 0.842. The van der Waals surface area contributed by atoms with Gasteiger partial charge in [-0.2, -0.15) is 5.90 Å². The molecule has 0 amide bonds. The highest BCUT2D eigenvalue weighted by Gasteiger charge is 2.16. The molecule has 4 heteroatoms. The number of ether oxygens (including phenoxy) is 1. The van der Waals surface area contributed by atoms with Crippen molar-refractivity contribution in [1.82, 2.24) is 0 Å². The van der Waals surface area contributed by atoms with Crippen molar-refractivity contribution in [2.24, 2.45) is 11.8 Å². The van der Waals surface area contributed by atoms with Gasteiger partial charge in [0.1, 0.15) is 6.10 Å². The summed E-state index contributed by atoms with van der Waals surface area (Å²) in [6, 6.07) is 0. The van der Waals surface area contributed by atoms with Crippen LogP contribution in [0, 0.1) is 5.92 Å². The van der Waals surface area contributed by atoms with Crippen molar-refractivity contribution in [3.63, 3.8) is 0 Å². The third-order valence-electron chi connectivity index (χ3n) is 1.49. The first kappa shape index (κ1) is 10.2. The molecule has 0 aromatic heterocycles. The van der Waals surface area contributed by atoms with Crippen LogP contribution in [-0.2, 0) is 9.57 Å². The summed E-state index contributed by atoms with van der Waals surface area (Å²) in [5, 5.41) is 0. The largest absolute Gasteiger partial charge is 0.527 e. The van der Waals surface area contributed by atoms with Gasteiger partial charge in [-0.25, -0.2) is 4.79 Å². The van der Waals surface area contributed by atoms with Crippen molar-refractivity contribution in [3.8, 4) is 0 Å². The van der Waals surface area contributed by atoms with Gasteiger partial charge in [0.15, 0.2) is 0 Å². The lowest BCUT2D eigenvalue weighted by Gasteiger charge is -2.17. The Hall–Kier alpha value is -0.770. The molecule has 0 aromatic rings. The predicted molar refractivity (Wildman–Crippen MR) is 40.7 cm³/mol. The monoisotopic (exact) mass is 161 g/mol. The number of carbonyl (C=O) groups excluding carboxylic acids is 1. The molecule has 0 heterocycles. The molecule has 0 aromatic carbocycles. The van der Waals surface area contributed by atoms with Crippen molar-refractivity contribution < 1.29 is 14.4 Å². The normalized spacial score (nSPS) is 12.8. The van der Waals surface area contributed by atoms with Crippen LogP contribution in [0.3, 0.4) is 0 Å². The minimum atomic E-state index is -0.814. The van der Waals surface area contributed by atoms with Gasteiger partial charge in [-0.1, -0.05) is 20.8 Å². The van der Waals surface area contributed by atoms with Gasteiger partial charge in [0.25, 0.3) is 0 Å². The molecular weight excluding hydrogens is 146 g/mol. The van der Waals surface area contributed by atoms with Crippen LogP contribution in [0.15, 0.2) is 0 Å². The van der Waals surface area contributed by atoms with Gasteiger partial charge in [-0.15, -0.1) is 0 Å². The zero-order chi connectivity index (χ0) is 8.85. The third-order valence-corrected chi connectivity index (χ3v) is 1.49. The van der Waals surface area contributed by atoms with Crippen LogP contribution in [0.1, 0.15) is 27.2 Å². The van der Waals surface area contributed by atoms with E-state index in [0.717, 1.165) is 6.42 Å². The summed E-state index contributed by atoms with van der Waals surface area (Å²) in [6.07, 6.45) is -0.149. The molecule has 1 atom stereocenters. The Morgan fingerprint density at radius 3 is 2.36 bits per heavy atom. The Balaban J connectivity index is 3.78. The average Bonchev–Trinajstić information content (AvgIpc) is 1.99. The van der Waals surface area contributed by atoms with Gasteiger partial charge in [-0.05, 0) is 12.3 Å². The summed E-state index contributed by atoms with van der Waals surface area (Å²) in [5.74, 6) is 4.89. The summed E-state index contributed by atoms with van der Waals surface area (Å²) in [6.45, 7) is 5.88. The maximum absolute atomic E-state index is 10.5. The van der Waals surface area contributed by atoms with Crippen LogP contribution in [0.25, 0.3) is 0 Å². The van der Waals surface area contributed by atoms with Crippen molar-refractivity contribution in [3.05, 3.63) is 0 Å². The van der Waals surface area contributed by atoms with Crippen LogP contribution in [-0.4, -0.2) is 12.3 Å². The highest BCUT2D eigenvalue weighted by atomic mass is 16.8. The number of rotatable bonds is 3. The Morgan fingerprint density at radius 1 is 1.55 bits per heavy atom. The summed E-state index contributed by atoms with van der Waals surface area (Å²) in [7, 11) is 0. The fourth-order valence-corrected chi connectivity index (χ4v) is 0.842. The first-order chi connectivity index (χ1) is 5.11. The molecule has 0 fully saturated rings. The molecule has 0 radical (unpaired) electrons. The van der Waals surface area contributed by atoms with E-state index in [1.807, 2.05) is 20.8 Å². The Kier molecular flexibility index (Phi) is 4.61. The summed E-state index contributed by atoms with van der Waals surface area (Å²) >= 11 is 0. The second kappa shape index (κ2) is 4.96. The molecular formula is C7H15NO3. The van der Waals surface area contributed by atoms with Gasteiger partial charge < -0.3 is 9.57 Å². The Bertz CT molecular complexity index is 125. The Morgan fingerprint density at radius 2 is 2.09 bits per heavy atom. The lowest BCUT2D eigenvalue weighted by atomic mass is 10.1. The molecule has 0 aliphatic heterocycles. The van der Waals surface area contributed by atoms with Crippen LogP contribution in [0.5, 0.6) is 0 Å². The number of hydrogen-bond acceptors (Lipinski definition) is 4. The zero-order valence-electron chi connectivity index (χ0n) is 7.16. The quantitative estimate of drug-likeness (QED) is 0.502. The maximum Gasteiger partial charge on any atom is 0.527 e. The summed E-state index contributed by atoms with van der Waals surface area (Å²) in [4.78, 5) is 14.4. The standard InChI is InChI=1S/C7H15NO3/c1-4-6(5(2)3)10-7(9)11-8/h5-6H,4,8H2,1-3H3. The van der Waals surface area contributed by atoms with Gasteiger partial charge in [0.05, 0.1) is 0 Å². The SMILES string of the molecule is CCC(OC(=O)ON)C(C)C. The minimum absolute atomic E-state index is 0.106. The number of carbonyl (C=O) groups is 1. The van der Waals surface area contributed by atoms with E-state index in [-0.39, 0.29) is 6.10 Å². The molecule has 0 spiro atoms. The predicted octanol–water partition coefficient (Wildman–Crippen LogP) is 1.45. The van der Waals surface area contributed by atoms with Crippen molar-refractivity contribution in [2.45, 2.75) is 33.3 Å². The molecule has 2 N–H and O–H groups in total. The van der Waals surface area contributed by atoms with Crippen LogP contribution >= 0.6 is 0 Å². The Labute approximate surface area is 66.6 Å². The van der Waals surface area contributed by atoms with Gasteiger partial charge in [-0.3, -0.25) is 0 Å². The van der Waals surface area contributed by atoms with E-state index in [4.69, 9.17) is 4.74 Å². The molecule has 1 unspecified atom stereocenters. The first-order valence-corrected chi connectivity index (χ1v) is 3.69. The second-order valence-corrected chi connectivity index (χ2v) is 2.68. The van der Waals surface area contributed by atoms with E-state index in [9.17, 15) is 4.79 Å². The minimum Gasteiger partial charge on any atom is -0.429 e. The lowest BCUT2D eigenvalue weighted by Crippen LogP contribution is -2.24. The average molecular weight is 161 g/mol. The van der Waals surface area contributed by atoms with Gasteiger partial charge in [0, 0.05) is 0 Å². The number of hydrogen-bond donors (Lipinski definition) is 1. The molecule has 0 aliphatic rings. The maximum atomic E-state index is 10.5. The second-order valence-electron chi connectivity index (χ2n) is 2.68. The van der Waals surface area contributed by atoms with Crippen LogP contribution < -0.4 is 5.90 Å². The molecule has 0 rings (SSSR count). The van der Waals surface area contributed by atoms with Crippen LogP contribution in [0.2, 0.25) is 0 Å². The van der Waals surface area contributed by atoms with Gasteiger partial charge >= 0.3 is 6.16 Å². The molecule has 0 aliphatic carbocycles. The summed E-state index contributed by atoms with van der Waals surface area (Å²) < 4.78 is 4.82. The first-order valence-electron chi connectivity index (χ1n) is 3.69. The molecule has 0 saturated heterocycles. The molecule has 4 nitrogen and oxygen atoms in total. The van der Waals surface area contributed by atoms with E-state index in [1.165, 1.54) is 0 Å². The van der Waals surface area contributed by atoms with E-state index >= 15 is 0 Å². The van der Waals surface area contributed by atoms with Crippen molar-refractivity contribution >= 4 is 6.16 Å². The third kappa shape index (κ3) is 3.83. The highest BCUT2D eigenvalue weighted by molar-refractivity contribution is 5.59. The van der Waals surface area contributed by atoms with E-state index in [2.05, 4.69) is 10.7 Å². The topological polar surface area (TPSA) is 61.5 Å². The summed E-state index contributed by atoms with van der Waals surface area (Å²) in [5.41, 5.74) is 0. The highest BCUT2D eigenvalue weighted by Crippen LogP contribution is 2.10.